The molecular weight excluding hydrogens is 288 g/mol. The topological polar surface area (TPSA) is 61.3 Å². The van der Waals surface area contributed by atoms with E-state index in [9.17, 15) is 5.11 Å². The molecule has 1 aromatic carbocycles. The quantitative estimate of drug-likeness (QED) is 0.908. The van der Waals surface area contributed by atoms with Crippen molar-refractivity contribution >= 4 is 16.6 Å². The Bertz CT molecular complexity index is 684. The highest BCUT2D eigenvalue weighted by molar-refractivity contribution is 5.84. The lowest BCUT2D eigenvalue weighted by Gasteiger charge is -2.26. The molecule has 0 unspecified atom stereocenters. The van der Waals surface area contributed by atoms with Gasteiger partial charge in [-0.1, -0.05) is 0 Å². The van der Waals surface area contributed by atoms with Crippen LogP contribution in [0.4, 0.5) is 5.69 Å². The number of anilines is 1. The molecule has 2 fully saturated rings. The average molecular weight is 312 g/mol. The smallest absolute Gasteiger partial charge is 0.116 e. The summed E-state index contributed by atoms with van der Waals surface area (Å²) in [5.41, 5.74) is 3.39. The molecule has 0 saturated carbocycles. The molecule has 2 aliphatic rings. The second kappa shape index (κ2) is 6.42. The SMILES string of the molecule is OC[C@H]1CCCN1c1ccc2c(C3CCNCC3)ncnc2c1. The Hall–Kier alpha value is -1.72. The molecule has 5 nitrogen and oxygen atoms in total. The Morgan fingerprint density at radius 3 is 2.87 bits per heavy atom. The van der Waals surface area contributed by atoms with Crippen molar-refractivity contribution in [2.24, 2.45) is 0 Å². The lowest BCUT2D eigenvalue weighted by Crippen LogP contribution is -2.31. The van der Waals surface area contributed by atoms with Gasteiger partial charge >= 0.3 is 0 Å². The van der Waals surface area contributed by atoms with Gasteiger partial charge in [-0.25, -0.2) is 9.97 Å². The number of hydrogen-bond donors (Lipinski definition) is 2. The van der Waals surface area contributed by atoms with Gasteiger partial charge in [0.1, 0.15) is 6.33 Å². The standard InChI is InChI=1S/C18H24N4O/c23-11-15-2-1-9-22(15)14-3-4-16-17(10-14)20-12-21-18(16)13-5-7-19-8-6-13/h3-4,10,12-13,15,19,23H,1-2,5-9,11H2/t15-/m1/s1. The maximum atomic E-state index is 9.55. The average Bonchev–Trinajstić information content (AvgIpc) is 3.10. The number of rotatable bonds is 3. The van der Waals surface area contributed by atoms with E-state index in [4.69, 9.17) is 0 Å². The highest BCUT2D eigenvalue weighted by Gasteiger charge is 2.25. The first kappa shape index (κ1) is 14.8. The van der Waals surface area contributed by atoms with Crippen LogP contribution in [0.25, 0.3) is 10.9 Å². The van der Waals surface area contributed by atoms with E-state index in [0.29, 0.717) is 5.92 Å². The third-order valence-corrected chi connectivity index (χ3v) is 5.30. The van der Waals surface area contributed by atoms with Gasteiger partial charge in [-0.3, -0.25) is 0 Å². The molecule has 1 atom stereocenters. The van der Waals surface area contributed by atoms with Gasteiger partial charge in [0.15, 0.2) is 0 Å². The Kier molecular flexibility index (Phi) is 4.14. The van der Waals surface area contributed by atoms with Gasteiger partial charge in [0.25, 0.3) is 0 Å². The predicted molar refractivity (Wildman–Crippen MR) is 91.8 cm³/mol. The van der Waals surface area contributed by atoms with Crippen molar-refractivity contribution < 1.29 is 5.11 Å². The maximum Gasteiger partial charge on any atom is 0.116 e. The summed E-state index contributed by atoms with van der Waals surface area (Å²) in [5, 5.41) is 14.2. The van der Waals surface area contributed by atoms with E-state index in [-0.39, 0.29) is 12.6 Å². The molecule has 0 aliphatic carbocycles. The van der Waals surface area contributed by atoms with Crippen LogP contribution in [0.3, 0.4) is 0 Å². The molecule has 122 valence electrons. The van der Waals surface area contributed by atoms with E-state index >= 15 is 0 Å². The minimum atomic E-state index is 0.224. The number of hydrogen-bond acceptors (Lipinski definition) is 5. The molecule has 0 amide bonds. The summed E-state index contributed by atoms with van der Waals surface area (Å²) in [4.78, 5) is 11.4. The molecule has 0 spiro atoms. The third-order valence-electron chi connectivity index (χ3n) is 5.30. The van der Waals surface area contributed by atoms with Gasteiger partial charge in [0.05, 0.1) is 23.9 Å². The summed E-state index contributed by atoms with van der Waals surface area (Å²) in [7, 11) is 0. The Morgan fingerprint density at radius 2 is 2.04 bits per heavy atom. The van der Waals surface area contributed by atoms with Crippen LogP contribution < -0.4 is 10.2 Å². The summed E-state index contributed by atoms with van der Waals surface area (Å²) < 4.78 is 0. The van der Waals surface area contributed by atoms with E-state index in [1.54, 1.807) is 6.33 Å². The van der Waals surface area contributed by atoms with Crippen molar-refractivity contribution in [2.75, 3.05) is 31.1 Å². The van der Waals surface area contributed by atoms with E-state index in [1.807, 2.05) is 0 Å². The predicted octanol–water partition coefficient (Wildman–Crippen LogP) is 2.06. The molecule has 2 aliphatic heterocycles. The van der Waals surface area contributed by atoms with E-state index in [2.05, 4.69) is 38.4 Å². The van der Waals surface area contributed by atoms with Crippen LogP contribution in [0.5, 0.6) is 0 Å². The summed E-state index contributed by atoms with van der Waals surface area (Å²) in [6.45, 7) is 3.38. The number of benzene rings is 1. The summed E-state index contributed by atoms with van der Waals surface area (Å²) in [6, 6.07) is 6.76. The normalized spacial score (nSPS) is 22.8. The number of fused-ring (bicyclic) bond motifs is 1. The highest BCUT2D eigenvalue weighted by Crippen LogP contribution is 2.32. The Balaban J connectivity index is 1.69. The first-order chi connectivity index (χ1) is 11.4. The van der Waals surface area contributed by atoms with Crippen LogP contribution in [0.2, 0.25) is 0 Å². The van der Waals surface area contributed by atoms with Crippen LogP contribution in [-0.2, 0) is 0 Å². The first-order valence-corrected chi connectivity index (χ1v) is 8.69. The van der Waals surface area contributed by atoms with Gasteiger partial charge in [-0.2, -0.15) is 0 Å². The fourth-order valence-corrected chi connectivity index (χ4v) is 4.03. The van der Waals surface area contributed by atoms with Crippen LogP contribution in [0.1, 0.15) is 37.3 Å². The van der Waals surface area contributed by atoms with E-state index in [0.717, 1.165) is 50.8 Å². The Labute approximate surface area is 136 Å². The highest BCUT2D eigenvalue weighted by atomic mass is 16.3. The number of aromatic nitrogens is 2. The number of nitrogens with one attached hydrogen (secondary N) is 1. The fourth-order valence-electron chi connectivity index (χ4n) is 4.03. The molecule has 2 aromatic rings. The van der Waals surface area contributed by atoms with Gasteiger partial charge in [0, 0.05) is 23.5 Å². The van der Waals surface area contributed by atoms with Gasteiger partial charge in [0.2, 0.25) is 0 Å². The molecule has 3 heterocycles. The van der Waals surface area contributed by atoms with Crippen LogP contribution >= 0.6 is 0 Å². The summed E-state index contributed by atoms with van der Waals surface area (Å²) in [6.07, 6.45) is 6.21. The molecule has 4 rings (SSSR count). The third kappa shape index (κ3) is 2.79. The van der Waals surface area contributed by atoms with Crippen molar-refractivity contribution in [3.05, 3.63) is 30.2 Å². The van der Waals surface area contributed by atoms with Crippen molar-refractivity contribution in [1.82, 2.24) is 15.3 Å². The van der Waals surface area contributed by atoms with Gasteiger partial charge in [-0.15, -0.1) is 0 Å². The number of piperidine rings is 1. The van der Waals surface area contributed by atoms with E-state index < -0.39 is 0 Å². The first-order valence-electron chi connectivity index (χ1n) is 8.69. The van der Waals surface area contributed by atoms with Crippen molar-refractivity contribution in [2.45, 2.75) is 37.6 Å². The number of aliphatic hydroxyl groups is 1. The zero-order valence-electron chi connectivity index (χ0n) is 13.4. The van der Waals surface area contributed by atoms with Crippen LogP contribution in [-0.4, -0.2) is 47.4 Å². The van der Waals surface area contributed by atoms with Crippen molar-refractivity contribution in [1.29, 1.82) is 0 Å². The lowest BCUT2D eigenvalue weighted by molar-refractivity contribution is 0.266. The van der Waals surface area contributed by atoms with Gasteiger partial charge in [-0.05, 0) is 57.0 Å². The second-order valence-corrected chi connectivity index (χ2v) is 6.66. The number of aliphatic hydroxyl groups excluding tert-OH is 1. The number of nitrogens with zero attached hydrogens (tertiary/aromatic N) is 3. The maximum absolute atomic E-state index is 9.55. The van der Waals surface area contributed by atoms with Crippen LogP contribution in [0.15, 0.2) is 24.5 Å². The Morgan fingerprint density at radius 1 is 1.17 bits per heavy atom. The zero-order chi connectivity index (χ0) is 15.6. The van der Waals surface area contributed by atoms with Crippen LogP contribution in [0, 0.1) is 0 Å². The minimum absolute atomic E-state index is 0.224. The zero-order valence-corrected chi connectivity index (χ0v) is 13.4. The molecule has 0 bridgehead atoms. The largest absolute Gasteiger partial charge is 0.394 e. The summed E-state index contributed by atoms with van der Waals surface area (Å²) >= 11 is 0. The molecule has 5 heteroatoms. The lowest BCUT2D eigenvalue weighted by atomic mass is 9.92. The van der Waals surface area contributed by atoms with Gasteiger partial charge < -0.3 is 15.3 Å². The molecule has 1 aromatic heterocycles. The molecule has 23 heavy (non-hydrogen) atoms. The molecule has 0 radical (unpaired) electrons. The minimum Gasteiger partial charge on any atom is -0.394 e. The van der Waals surface area contributed by atoms with E-state index in [1.165, 1.54) is 16.8 Å². The molecular formula is C18H24N4O. The molecule has 2 N–H and O–H groups in total. The summed E-state index contributed by atoms with van der Waals surface area (Å²) in [5.74, 6) is 0.532. The fraction of sp³-hybridized carbons (Fsp3) is 0.556. The van der Waals surface area contributed by atoms with Crippen molar-refractivity contribution in [3.8, 4) is 0 Å². The molecule has 2 saturated heterocycles. The monoisotopic (exact) mass is 312 g/mol. The second-order valence-electron chi connectivity index (χ2n) is 6.66. The van der Waals surface area contributed by atoms with Crippen molar-refractivity contribution in [3.63, 3.8) is 0 Å².